The number of nitrogens with zero attached hydrogens (tertiary/aromatic N) is 2. The molecule has 1 amide bonds. The molecule has 2 aromatic rings. The maximum Gasteiger partial charge on any atom is 0.244 e. The van der Waals surface area contributed by atoms with Crippen LogP contribution in [0.1, 0.15) is 17.5 Å². The molecule has 5 nitrogen and oxygen atoms in total. The monoisotopic (exact) mass is 372 g/mol. The van der Waals surface area contributed by atoms with Gasteiger partial charge in [0.1, 0.15) is 0 Å². The van der Waals surface area contributed by atoms with Crippen LogP contribution in [0.3, 0.4) is 0 Å². The zero-order valence-electron chi connectivity index (χ0n) is 15.7. The van der Waals surface area contributed by atoms with E-state index in [1.54, 1.807) is 24.5 Å². The van der Waals surface area contributed by atoms with Crippen LogP contribution in [0.25, 0.3) is 11.8 Å². The van der Waals surface area contributed by atoms with Gasteiger partial charge in [0.2, 0.25) is 5.91 Å². The van der Waals surface area contributed by atoms with Gasteiger partial charge in [-0.25, -0.2) is 0 Å². The van der Waals surface area contributed by atoms with Crippen molar-refractivity contribution >= 4 is 23.4 Å². The number of benzene rings is 1. The van der Waals surface area contributed by atoms with Gasteiger partial charge in [0, 0.05) is 55.1 Å². The number of aromatic nitrogens is 1. The molecule has 1 saturated carbocycles. The molecule has 4 rings (SSSR count). The first-order valence-electron chi connectivity index (χ1n) is 9.51. The lowest BCUT2D eigenvalue weighted by Crippen LogP contribution is -2.23. The summed E-state index contributed by atoms with van der Waals surface area (Å²) < 4.78 is 0. The number of carbonyl (C=O) groups is 1. The molecule has 1 aliphatic heterocycles. The maximum atomic E-state index is 11.9. The highest BCUT2D eigenvalue weighted by atomic mass is 16.1. The number of carbonyl (C=O) groups excluding carboxylic acids is 1. The van der Waals surface area contributed by atoms with E-state index in [4.69, 9.17) is 5.73 Å². The molecule has 1 fully saturated rings. The van der Waals surface area contributed by atoms with Crippen molar-refractivity contribution in [2.75, 3.05) is 18.0 Å². The third-order valence-corrected chi connectivity index (χ3v) is 5.37. The normalized spacial score (nSPS) is 20.0. The van der Waals surface area contributed by atoms with Crippen molar-refractivity contribution in [1.29, 1.82) is 0 Å². The molecule has 0 saturated heterocycles. The summed E-state index contributed by atoms with van der Waals surface area (Å²) in [5.74, 6) is 1.15. The molecule has 2 heterocycles. The minimum atomic E-state index is -0.0631. The summed E-state index contributed by atoms with van der Waals surface area (Å²) in [4.78, 5) is 18.2. The average Bonchev–Trinajstić information content (AvgIpc) is 3.16. The van der Waals surface area contributed by atoms with E-state index in [0.717, 1.165) is 24.1 Å². The Morgan fingerprint density at radius 1 is 1.32 bits per heavy atom. The number of pyridine rings is 1. The van der Waals surface area contributed by atoms with Crippen LogP contribution in [-0.4, -0.2) is 24.0 Å². The van der Waals surface area contributed by atoms with Crippen molar-refractivity contribution in [3.05, 3.63) is 84.3 Å². The van der Waals surface area contributed by atoms with Crippen LogP contribution in [0.2, 0.25) is 0 Å². The Balaban J connectivity index is 1.22. The van der Waals surface area contributed by atoms with Crippen molar-refractivity contribution in [2.45, 2.75) is 6.42 Å². The number of hydrogen-bond donors (Lipinski definition) is 2. The molecule has 1 aromatic carbocycles. The van der Waals surface area contributed by atoms with Crippen molar-refractivity contribution in [3.8, 4) is 0 Å². The van der Waals surface area contributed by atoms with Crippen molar-refractivity contribution in [2.24, 2.45) is 17.6 Å². The van der Waals surface area contributed by atoms with Gasteiger partial charge in [-0.2, -0.15) is 0 Å². The van der Waals surface area contributed by atoms with E-state index in [1.165, 1.54) is 11.3 Å². The van der Waals surface area contributed by atoms with Gasteiger partial charge in [-0.05, 0) is 53.3 Å². The Labute approximate surface area is 165 Å². The van der Waals surface area contributed by atoms with Gasteiger partial charge in [0.05, 0.1) is 0 Å². The minimum Gasteiger partial charge on any atom is -0.399 e. The second kappa shape index (κ2) is 7.72. The Hall–Kier alpha value is -3.34. The van der Waals surface area contributed by atoms with E-state index in [1.807, 2.05) is 24.3 Å². The van der Waals surface area contributed by atoms with E-state index in [0.29, 0.717) is 24.1 Å². The summed E-state index contributed by atoms with van der Waals surface area (Å²) in [5, 5.41) is 2.97. The second-order valence-corrected chi connectivity index (χ2v) is 7.27. The van der Waals surface area contributed by atoms with E-state index in [-0.39, 0.29) is 5.91 Å². The van der Waals surface area contributed by atoms with E-state index >= 15 is 0 Å². The van der Waals surface area contributed by atoms with Crippen molar-refractivity contribution in [3.63, 3.8) is 0 Å². The molecule has 0 bridgehead atoms. The molecular weight excluding hydrogens is 348 g/mol. The van der Waals surface area contributed by atoms with Crippen LogP contribution in [0.4, 0.5) is 5.69 Å². The first kappa shape index (κ1) is 18.0. The molecule has 1 aromatic heterocycles. The first-order chi connectivity index (χ1) is 13.6. The highest BCUT2D eigenvalue weighted by Gasteiger charge is 2.48. The third kappa shape index (κ3) is 3.98. The Morgan fingerprint density at radius 3 is 2.79 bits per heavy atom. The van der Waals surface area contributed by atoms with Gasteiger partial charge in [-0.1, -0.05) is 24.8 Å². The SMILES string of the molecule is C=C(N)c1ccc(N2C=C3[C@@H](CCNC(=O)/C=C/c4cccnc4)[C@@H]3C2)cc1. The number of nitrogens with one attached hydrogen (secondary N) is 1. The second-order valence-electron chi connectivity index (χ2n) is 7.27. The maximum absolute atomic E-state index is 11.9. The minimum absolute atomic E-state index is 0.0631. The van der Waals surface area contributed by atoms with Gasteiger partial charge < -0.3 is 16.0 Å². The lowest BCUT2D eigenvalue weighted by atomic mass is 10.1. The molecule has 3 N–H and O–H groups in total. The lowest BCUT2D eigenvalue weighted by Gasteiger charge is -2.19. The quantitative estimate of drug-likeness (QED) is 0.733. The summed E-state index contributed by atoms with van der Waals surface area (Å²) in [7, 11) is 0. The van der Waals surface area contributed by atoms with Crippen LogP contribution in [0.15, 0.2) is 73.2 Å². The molecule has 28 heavy (non-hydrogen) atoms. The van der Waals surface area contributed by atoms with Gasteiger partial charge in [0.25, 0.3) is 0 Å². The number of fused-ring (bicyclic) bond motifs is 1. The molecule has 0 radical (unpaired) electrons. The first-order valence-corrected chi connectivity index (χ1v) is 9.51. The Bertz CT molecular complexity index is 931. The molecular formula is C23H24N4O. The summed E-state index contributed by atoms with van der Waals surface area (Å²) in [6, 6.07) is 11.9. The highest BCUT2D eigenvalue weighted by molar-refractivity contribution is 5.91. The largest absolute Gasteiger partial charge is 0.399 e. The van der Waals surface area contributed by atoms with Crippen LogP contribution in [-0.2, 0) is 4.79 Å². The van der Waals surface area contributed by atoms with Gasteiger partial charge >= 0.3 is 0 Å². The molecule has 5 heteroatoms. The van der Waals surface area contributed by atoms with Crippen LogP contribution < -0.4 is 16.0 Å². The summed E-state index contributed by atoms with van der Waals surface area (Å²) in [6.07, 6.45) is 10.0. The van der Waals surface area contributed by atoms with E-state index in [9.17, 15) is 4.79 Å². The summed E-state index contributed by atoms with van der Waals surface area (Å²) >= 11 is 0. The molecule has 2 atom stereocenters. The zero-order chi connectivity index (χ0) is 19.5. The van der Waals surface area contributed by atoms with E-state index in [2.05, 4.69) is 40.1 Å². The third-order valence-electron chi connectivity index (χ3n) is 5.37. The fourth-order valence-corrected chi connectivity index (χ4v) is 3.74. The summed E-state index contributed by atoms with van der Waals surface area (Å²) in [6.45, 7) is 5.47. The molecule has 1 aliphatic carbocycles. The topological polar surface area (TPSA) is 71.2 Å². The number of anilines is 1. The predicted octanol–water partition coefficient (Wildman–Crippen LogP) is 3.18. The summed E-state index contributed by atoms with van der Waals surface area (Å²) in [5.41, 5.74) is 10.9. The number of hydrogen-bond acceptors (Lipinski definition) is 4. The lowest BCUT2D eigenvalue weighted by molar-refractivity contribution is -0.116. The Kier molecular flexibility index (Phi) is 4.98. The zero-order valence-corrected chi connectivity index (χ0v) is 15.7. The molecule has 2 aliphatic rings. The average molecular weight is 372 g/mol. The van der Waals surface area contributed by atoms with Crippen LogP contribution >= 0.6 is 0 Å². The van der Waals surface area contributed by atoms with Gasteiger partial charge in [0.15, 0.2) is 0 Å². The van der Waals surface area contributed by atoms with Crippen molar-refractivity contribution < 1.29 is 4.79 Å². The number of amides is 1. The molecule has 0 spiro atoms. The number of nitrogens with two attached hydrogens (primary N) is 1. The molecule has 0 unspecified atom stereocenters. The van der Waals surface area contributed by atoms with Gasteiger partial charge in [-0.3, -0.25) is 9.78 Å². The fraction of sp³-hybridized carbons (Fsp3) is 0.217. The predicted molar refractivity (Wildman–Crippen MR) is 113 cm³/mol. The molecule has 142 valence electrons. The van der Waals surface area contributed by atoms with E-state index < -0.39 is 0 Å². The highest BCUT2D eigenvalue weighted by Crippen LogP contribution is 2.52. The fourth-order valence-electron chi connectivity index (χ4n) is 3.74. The Morgan fingerprint density at radius 2 is 2.14 bits per heavy atom. The number of rotatable bonds is 7. The van der Waals surface area contributed by atoms with Crippen LogP contribution in [0.5, 0.6) is 0 Å². The van der Waals surface area contributed by atoms with Crippen LogP contribution in [0, 0.1) is 11.8 Å². The van der Waals surface area contributed by atoms with Crippen molar-refractivity contribution in [1.82, 2.24) is 10.3 Å². The van der Waals surface area contributed by atoms with Gasteiger partial charge in [-0.15, -0.1) is 0 Å². The smallest absolute Gasteiger partial charge is 0.244 e. The standard InChI is InChI=1S/C23H24N4O/c1-16(24)18-5-7-19(8-6-18)27-14-21-20(22(21)15-27)10-12-26-23(28)9-4-17-3-2-11-25-13-17/h2-9,11,13-14,20,22H,1,10,12,15,24H2,(H,26,28)/b9-4+/t20-,22+/m1/s1.